The van der Waals surface area contributed by atoms with Gasteiger partial charge in [0.25, 0.3) is 0 Å². The average molecular weight is 362 g/mol. The first-order chi connectivity index (χ1) is 9.98. The molecule has 1 aliphatic rings. The maximum absolute atomic E-state index is 6.23. The van der Waals surface area contributed by atoms with Crippen molar-refractivity contribution in [3.8, 4) is 11.3 Å². The summed E-state index contributed by atoms with van der Waals surface area (Å²) in [5.41, 5.74) is 1.80. The molecule has 3 rings (SSSR count). The van der Waals surface area contributed by atoms with E-state index >= 15 is 0 Å². The highest BCUT2D eigenvalue weighted by Crippen LogP contribution is 2.40. The molecule has 0 atom stereocenters. The lowest BCUT2D eigenvalue weighted by atomic mass is 10.0. The van der Waals surface area contributed by atoms with E-state index in [4.69, 9.17) is 28.2 Å². The predicted molar refractivity (Wildman–Crippen MR) is 92.9 cm³/mol. The Balaban J connectivity index is 1.88. The minimum absolute atomic E-state index is 0.0582. The summed E-state index contributed by atoms with van der Waals surface area (Å²) in [5, 5.41) is 6.59. The Hall–Kier alpha value is -0.170. The summed E-state index contributed by atoms with van der Waals surface area (Å²) in [7, 11) is 0. The van der Waals surface area contributed by atoms with Crippen LogP contribution in [0.1, 0.15) is 18.9 Å². The number of hydrogen-bond acceptors (Lipinski definition) is 5. The molecule has 1 saturated heterocycles. The zero-order chi connectivity index (χ0) is 15.0. The number of nitrogens with zero attached hydrogens (tertiary/aromatic N) is 2. The van der Waals surface area contributed by atoms with E-state index in [9.17, 15) is 0 Å². The molecule has 1 fully saturated rings. The van der Waals surface area contributed by atoms with Gasteiger partial charge in [0.15, 0.2) is 0 Å². The molecular formula is C14H17Cl2N3S2. The van der Waals surface area contributed by atoms with Gasteiger partial charge in [0.1, 0.15) is 9.34 Å². The summed E-state index contributed by atoms with van der Waals surface area (Å²) in [5.74, 6) is 0. The largest absolute Gasteiger partial charge is 0.314 e. The fourth-order valence-corrected chi connectivity index (χ4v) is 5.01. The van der Waals surface area contributed by atoms with Crippen LogP contribution in [0.5, 0.6) is 0 Å². The molecule has 0 aromatic carbocycles. The van der Waals surface area contributed by atoms with Crippen molar-refractivity contribution < 1.29 is 0 Å². The van der Waals surface area contributed by atoms with Crippen LogP contribution in [0, 0.1) is 0 Å². The third-order valence-corrected chi connectivity index (χ3v) is 6.51. The summed E-state index contributed by atoms with van der Waals surface area (Å²) in [4.78, 5) is 7.30. The Morgan fingerprint density at radius 3 is 2.62 bits per heavy atom. The molecule has 1 aliphatic heterocycles. The Labute approximate surface area is 142 Å². The summed E-state index contributed by atoms with van der Waals surface area (Å²) in [6.07, 6.45) is 0. The number of piperazine rings is 1. The molecule has 0 spiro atoms. The topological polar surface area (TPSA) is 28.2 Å². The standard InChI is InChI=1S/C14H17Cl2N3S2/c1-14(2,19-5-3-17-4-6-19)13-18-10(8-20-13)9-7-11(15)21-12(9)16/h7-8,17H,3-6H2,1-2H3. The quantitative estimate of drug-likeness (QED) is 0.882. The number of thiophene rings is 1. The Kier molecular flexibility index (Phi) is 4.60. The number of nitrogens with one attached hydrogen (secondary N) is 1. The Morgan fingerprint density at radius 2 is 2.00 bits per heavy atom. The molecular weight excluding hydrogens is 345 g/mol. The van der Waals surface area contributed by atoms with Crippen molar-refractivity contribution >= 4 is 45.9 Å². The van der Waals surface area contributed by atoms with Crippen LogP contribution in [-0.2, 0) is 5.54 Å². The maximum atomic E-state index is 6.23. The summed E-state index contributed by atoms with van der Waals surface area (Å²) >= 11 is 15.3. The Bertz CT molecular complexity index is 630. The molecule has 0 bridgehead atoms. The fraction of sp³-hybridized carbons (Fsp3) is 0.500. The van der Waals surface area contributed by atoms with Crippen molar-refractivity contribution in [2.45, 2.75) is 19.4 Å². The van der Waals surface area contributed by atoms with Crippen LogP contribution in [0.4, 0.5) is 0 Å². The first kappa shape index (κ1) is 15.7. The third kappa shape index (κ3) is 3.14. The number of rotatable bonds is 3. The van der Waals surface area contributed by atoms with Crippen LogP contribution in [0.2, 0.25) is 8.67 Å². The molecule has 0 aliphatic carbocycles. The lowest BCUT2D eigenvalue weighted by Gasteiger charge is -2.39. The predicted octanol–water partition coefficient (Wildman–Crippen LogP) is 4.32. The van der Waals surface area contributed by atoms with Crippen LogP contribution >= 0.6 is 45.9 Å². The van der Waals surface area contributed by atoms with Gasteiger partial charge in [0.2, 0.25) is 0 Å². The van der Waals surface area contributed by atoms with E-state index in [0.29, 0.717) is 8.67 Å². The van der Waals surface area contributed by atoms with Gasteiger partial charge < -0.3 is 5.32 Å². The molecule has 2 aromatic rings. The zero-order valence-electron chi connectivity index (χ0n) is 11.9. The molecule has 0 unspecified atom stereocenters. The van der Waals surface area contributed by atoms with E-state index in [1.54, 1.807) is 11.3 Å². The molecule has 21 heavy (non-hydrogen) atoms. The van der Waals surface area contributed by atoms with Gasteiger partial charge in [-0.1, -0.05) is 23.2 Å². The van der Waals surface area contributed by atoms with E-state index in [-0.39, 0.29) is 5.54 Å². The smallest absolute Gasteiger partial charge is 0.113 e. The monoisotopic (exact) mass is 361 g/mol. The van der Waals surface area contributed by atoms with Crippen LogP contribution in [0.15, 0.2) is 11.4 Å². The van der Waals surface area contributed by atoms with Crippen LogP contribution in [-0.4, -0.2) is 36.1 Å². The lowest BCUT2D eigenvalue weighted by Crippen LogP contribution is -2.51. The number of aromatic nitrogens is 1. The molecule has 0 saturated carbocycles. The second-order valence-corrected chi connectivity index (χ2v) is 8.72. The number of thiazole rings is 1. The van der Waals surface area contributed by atoms with Crippen molar-refractivity contribution in [1.82, 2.24) is 15.2 Å². The fourth-order valence-electron chi connectivity index (χ4n) is 2.55. The molecule has 114 valence electrons. The second kappa shape index (κ2) is 6.14. The highest BCUT2D eigenvalue weighted by Gasteiger charge is 2.32. The number of halogens is 2. The minimum atomic E-state index is -0.0582. The molecule has 0 amide bonds. The van der Waals surface area contributed by atoms with E-state index in [0.717, 1.165) is 42.4 Å². The lowest BCUT2D eigenvalue weighted by molar-refractivity contribution is 0.102. The highest BCUT2D eigenvalue weighted by molar-refractivity contribution is 7.20. The summed E-state index contributed by atoms with van der Waals surface area (Å²) in [6.45, 7) is 8.65. The van der Waals surface area contributed by atoms with Crippen molar-refractivity contribution in [3.05, 3.63) is 25.1 Å². The first-order valence-electron chi connectivity index (χ1n) is 6.85. The van der Waals surface area contributed by atoms with Gasteiger partial charge in [-0.05, 0) is 19.9 Å². The van der Waals surface area contributed by atoms with Crippen molar-refractivity contribution in [1.29, 1.82) is 0 Å². The maximum Gasteiger partial charge on any atom is 0.113 e. The highest BCUT2D eigenvalue weighted by atomic mass is 35.5. The van der Waals surface area contributed by atoms with Crippen LogP contribution < -0.4 is 5.32 Å². The third-order valence-electron chi connectivity index (χ3n) is 3.87. The molecule has 2 aromatic heterocycles. The van der Waals surface area contributed by atoms with E-state index < -0.39 is 0 Å². The van der Waals surface area contributed by atoms with E-state index in [2.05, 4.69) is 29.4 Å². The zero-order valence-corrected chi connectivity index (χ0v) is 15.1. The normalized spacial score (nSPS) is 17.3. The first-order valence-corrected chi connectivity index (χ1v) is 9.30. The van der Waals surface area contributed by atoms with Gasteiger partial charge in [-0.25, -0.2) is 4.98 Å². The van der Waals surface area contributed by atoms with Gasteiger partial charge >= 0.3 is 0 Å². The molecule has 0 radical (unpaired) electrons. The van der Waals surface area contributed by atoms with Crippen LogP contribution in [0.25, 0.3) is 11.3 Å². The van der Waals surface area contributed by atoms with Gasteiger partial charge in [-0.15, -0.1) is 22.7 Å². The summed E-state index contributed by atoms with van der Waals surface area (Å²) < 4.78 is 1.41. The average Bonchev–Trinajstić information content (AvgIpc) is 3.06. The minimum Gasteiger partial charge on any atom is -0.314 e. The van der Waals surface area contributed by atoms with Crippen molar-refractivity contribution in [3.63, 3.8) is 0 Å². The van der Waals surface area contributed by atoms with E-state index in [1.165, 1.54) is 11.3 Å². The van der Waals surface area contributed by atoms with E-state index in [1.807, 2.05) is 6.07 Å². The molecule has 3 heterocycles. The van der Waals surface area contributed by atoms with Gasteiger partial charge in [0, 0.05) is 37.1 Å². The van der Waals surface area contributed by atoms with Gasteiger partial charge in [0.05, 0.1) is 15.6 Å². The van der Waals surface area contributed by atoms with Crippen LogP contribution in [0.3, 0.4) is 0 Å². The van der Waals surface area contributed by atoms with Crippen molar-refractivity contribution in [2.75, 3.05) is 26.2 Å². The van der Waals surface area contributed by atoms with Gasteiger partial charge in [-0.2, -0.15) is 0 Å². The molecule has 7 heteroatoms. The SMILES string of the molecule is CC(C)(c1nc(-c2cc(Cl)sc2Cl)cs1)N1CCNCC1. The number of hydrogen-bond donors (Lipinski definition) is 1. The van der Waals surface area contributed by atoms with Crippen molar-refractivity contribution in [2.24, 2.45) is 0 Å². The summed E-state index contributed by atoms with van der Waals surface area (Å²) in [6, 6.07) is 1.89. The molecule has 3 nitrogen and oxygen atoms in total. The van der Waals surface area contributed by atoms with Gasteiger partial charge in [-0.3, -0.25) is 4.90 Å². The molecule has 1 N–H and O–H groups in total. The second-order valence-electron chi connectivity index (χ2n) is 5.57. The Morgan fingerprint density at radius 1 is 1.29 bits per heavy atom.